The number of anilines is 1. The number of benzene rings is 1. The van der Waals surface area contributed by atoms with Gasteiger partial charge in [-0.05, 0) is 49.8 Å². The van der Waals surface area contributed by atoms with Crippen LogP contribution in [0.25, 0.3) is 10.2 Å². The number of carbonyl (C=O) groups is 3. The van der Waals surface area contributed by atoms with Gasteiger partial charge in [-0.2, -0.15) is 0 Å². The van der Waals surface area contributed by atoms with E-state index in [2.05, 4.69) is 22.5 Å². The number of hydrogen-bond acceptors (Lipinski definition) is 7. The highest BCUT2D eigenvalue weighted by molar-refractivity contribution is 7.90. The van der Waals surface area contributed by atoms with Gasteiger partial charge in [-0.3, -0.25) is 14.5 Å². The van der Waals surface area contributed by atoms with E-state index in [9.17, 15) is 22.8 Å². The fraction of sp³-hybridized carbons (Fsp3) is 0.500. The van der Waals surface area contributed by atoms with Crippen LogP contribution in [0.15, 0.2) is 23.1 Å². The van der Waals surface area contributed by atoms with Crippen molar-refractivity contribution >= 4 is 54.4 Å². The standard InChI is InChI=1S/C20H24N4O5S2/c1-3-12-6-8-20(9-7-12)17(26)24(19(27)23-20)11-16(25)22-18-21-14-5-4-13(31(2,28)29)10-15(14)30-18/h4-5,10,12H,3,6-9,11H2,1-2H3,(H,23,27)(H,21,22,25). The molecule has 1 saturated carbocycles. The summed E-state index contributed by atoms with van der Waals surface area (Å²) < 4.78 is 24.0. The van der Waals surface area contributed by atoms with Crippen LogP contribution in [0.3, 0.4) is 0 Å². The van der Waals surface area contributed by atoms with E-state index in [1.165, 1.54) is 12.1 Å². The molecule has 2 N–H and O–H groups in total. The third-order valence-corrected chi connectivity index (χ3v) is 8.16. The first-order valence-electron chi connectivity index (χ1n) is 10.2. The maximum Gasteiger partial charge on any atom is 0.325 e. The molecular formula is C20H24N4O5S2. The Morgan fingerprint density at radius 1 is 1.32 bits per heavy atom. The number of nitrogens with one attached hydrogen (secondary N) is 2. The molecule has 1 spiro atoms. The number of rotatable bonds is 5. The smallest absolute Gasteiger partial charge is 0.323 e. The second kappa shape index (κ2) is 7.86. The number of hydrogen-bond donors (Lipinski definition) is 2. The molecule has 4 rings (SSSR count). The van der Waals surface area contributed by atoms with E-state index in [0.29, 0.717) is 29.0 Å². The average Bonchev–Trinajstić information content (AvgIpc) is 3.21. The summed E-state index contributed by atoms with van der Waals surface area (Å²) in [5.41, 5.74) is -0.338. The van der Waals surface area contributed by atoms with Crippen LogP contribution in [0.5, 0.6) is 0 Å². The van der Waals surface area contributed by atoms with E-state index in [1.54, 1.807) is 6.07 Å². The summed E-state index contributed by atoms with van der Waals surface area (Å²) in [4.78, 5) is 43.3. The van der Waals surface area contributed by atoms with Crippen LogP contribution in [0, 0.1) is 5.92 Å². The first-order chi connectivity index (χ1) is 14.6. The minimum atomic E-state index is -3.35. The van der Waals surface area contributed by atoms with Crippen molar-refractivity contribution in [2.75, 3.05) is 18.1 Å². The van der Waals surface area contributed by atoms with E-state index in [0.717, 1.165) is 41.8 Å². The number of amides is 4. The van der Waals surface area contributed by atoms with Crippen LogP contribution in [0.4, 0.5) is 9.93 Å². The Kier molecular flexibility index (Phi) is 5.50. The molecule has 0 unspecified atom stereocenters. The summed E-state index contributed by atoms with van der Waals surface area (Å²) in [6.45, 7) is 1.73. The summed E-state index contributed by atoms with van der Waals surface area (Å²) in [6, 6.07) is 4.00. The monoisotopic (exact) mass is 464 g/mol. The molecule has 0 bridgehead atoms. The van der Waals surface area contributed by atoms with Crippen LogP contribution in [0.2, 0.25) is 0 Å². The van der Waals surface area contributed by atoms with Gasteiger partial charge in [-0.25, -0.2) is 18.2 Å². The van der Waals surface area contributed by atoms with Crippen LogP contribution in [0.1, 0.15) is 39.0 Å². The lowest BCUT2D eigenvalue weighted by Gasteiger charge is -2.34. The van der Waals surface area contributed by atoms with Gasteiger partial charge in [-0.15, -0.1) is 0 Å². The van der Waals surface area contributed by atoms with Crippen molar-refractivity contribution in [3.63, 3.8) is 0 Å². The zero-order valence-electron chi connectivity index (χ0n) is 17.3. The lowest BCUT2D eigenvalue weighted by molar-refractivity contribution is -0.135. The molecule has 0 atom stereocenters. The molecule has 11 heteroatoms. The lowest BCUT2D eigenvalue weighted by atomic mass is 9.75. The highest BCUT2D eigenvalue weighted by atomic mass is 32.2. The largest absolute Gasteiger partial charge is 0.325 e. The molecule has 31 heavy (non-hydrogen) atoms. The normalized spacial score (nSPS) is 24.1. The second-order valence-electron chi connectivity index (χ2n) is 8.22. The summed E-state index contributed by atoms with van der Waals surface area (Å²) in [6.07, 6.45) is 5.12. The molecule has 166 valence electrons. The van der Waals surface area contributed by atoms with Gasteiger partial charge < -0.3 is 10.6 Å². The number of imide groups is 1. The van der Waals surface area contributed by atoms with Crippen LogP contribution < -0.4 is 10.6 Å². The highest BCUT2D eigenvalue weighted by Crippen LogP contribution is 2.37. The third-order valence-electron chi connectivity index (χ3n) is 6.12. The maximum atomic E-state index is 12.9. The number of carbonyl (C=O) groups excluding carboxylic acids is 3. The number of nitrogens with zero attached hydrogens (tertiary/aromatic N) is 2. The molecule has 2 aliphatic rings. The van der Waals surface area contributed by atoms with Gasteiger partial charge in [0.2, 0.25) is 5.91 Å². The Morgan fingerprint density at radius 2 is 2.03 bits per heavy atom. The van der Waals surface area contributed by atoms with Crippen LogP contribution in [-0.4, -0.2) is 54.5 Å². The van der Waals surface area contributed by atoms with Crippen molar-refractivity contribution in [1.82, 2.24) is 15.2 Å². The lowest BCUT2D eigenvalue weighted by Crippen LogP contribution is -2.49. The molecule has 0 radical (unpaired) electrons. The van der Waals surface area contributed by atoms with Crippen molar-refractivity contribution in [2.24, 2.45) is 5.92 Å². The molecule has 4 amide bonds. The van der Waals surface area contributed by atoms with Gasteiger partial charge in [0.15, 0.2) is 15.0 Å². The van der Waals surface area contributed by atoms with Crippen LogP contribution in [-0.2, 0) is 19.4 Å². The SMILES string of the molecule is CCC1CCC2(CC1)NC(=O)N(CC(=O)Nc1nc3ccc(S(C)(=O)=O)cc3s1)C2=O. The highest BCUT2D eigenvalue weighted by Gasteiger charge is 2.52. The van der Waals surface area contributed by atoms with Crippen molar-refractivity contribution in [3.05, 3.63) is 18.2 Å². The number of fused-ring (bicyclic) bond motifs is 1. The number of sulfone groups is 1. The van der Waals surface area contributed by atoms with E-state index in [4.69, 9.17) is 0 Å². The molecule has 1 aliphatic heterocycles. The van der Waals surface area contributed by atoms with Crippen molar-refractivity contribution in [3.8, 4) is 0 Å². The van der Waals surface area contributed by atoms with E-state index in [-0.39, 0.29) is 15.9 Å². The minimum Gasteiger partial charge on any atom is -0.323 e. The van der Waals surface area contributed by atoms with Gasteiger partial charge in [-0.1, -0.05) is 24.7 Å². The fourth-order valence-corrected chi connectivity index (χ4v) is 5.87. The van der Waals surface area contributed by atoms with E-state index >= 15 is 0 Å². The topological polar surface area (TPSA) is 126 Å². The predicted octanol–water partition coefficient (Wildman–Crippen LogP) is 2.53. The van der Waals surface area contributed by atoms with Gasteiger partial charge in [0, 0.05) is 6.26 Å². The molecule has 1 aromatic heterocycles. The maximum absolute atomic E-state index is 12.9. The van der Waals surface area contributed by atoms with E-state index < -0.39 is 33.9 Å². The molecule has 1 aromatic carbocycles. The second-order valence-corrected chi connectivity index (χ2v) is 11.3. The quantitative estimate of drug-likeness (QED) is 0.655. The molecular weight excluding hydrogens is 440 g/mol. The third kappa shape index (κ3) is 4.16. The van der Waals surface area contributed by atoms with Gasteiger partial charge in [0.25, 0.3) is 5.91 Å². The molecule has 2 aromatic rings. The van der Waals surface area contributed by atoms with E-state index in [1.807, 2.05) is 0 Å². The minimum absolute atomic E-state index is 0.170. The van der Waals surface area contributed by atoms with Crippen molar-refractivity contribution in [2.45, 2.75) is 49.5 Å². The average molecular weight is 465 g/mol. The van der Waals surface area contributed by atoms with Gasteiger partial charge >= 0.3 is 6.03 Å². The van der Waals surface area contributed by atoms with Crippen molar-refractivity contribution < 1.29 is 22.8 Å². The Balaban J connectivity index is 1.44. The Hall–Kier alpha value is -2.53. The fourth-order valence-electron chi connectivity index (χ4n) is 4.23. The van der Waals surface area contributed by atoms with Crippen LogP contribution >= 0.6 is 11.3 Å². The Morgan fingerprint density at radius 3 is 2.68 bits per heavy atom. The Labute approximate surface area is 184 Å². The Bertz CT molecular complexity index is 1170. The molecule has 2 fully saturated rings. The predicted molar refractivity (Wildman–Crippen MR) is 117 cm³/mol. The molecule has 1 aliphatic carbocycles. The van der Waals surface area contributed by atoms with Gasteiger partial charge in [0.05, 0.1) is 15.1 Å². The molecule has 1 saturated heterocycles. The summed E-state index contributed by atoms with van der Waals surface area (Å²) in [5, 5.41) is 5.70. The first-order valence-corrected chi connectivity index (χ1v) is 12.9. The summed E-state index contributed by atoms with van der Waals surface area (Å²) >= 11 is 1.13. The first kappa shape index (κ1) is 21.7. The zero-order valence-corrected chi connectivity index (χ0v) is 18.9. The zero-order chi connectivity index (χ0) is 22.4. The number of aromatic nitrogens is 1. The summed E-state index contributed by atoms with van der Waals surface area (Å²) in [7, 11) is -3.35. The molecule has 9 nitrogen and oxygen atoms in total. The summed E-state index contributed by atoms with van der Waals surface area (Å²) in [5.74, 6) is -0.315. The number of thiazole rings is 1. The van der Waals surface area contributed by atoms with Crippen molar-refractivity contribution in [1.29, 1.82) is 0 Å². The number of urea groups is 1. The van der Waals surface area contributed by atoms with Gasteiger partial charge in [0.1, 0.15) is 12.1 Å². The molecule has 2 heterocycles.